The first-order valence-corrected chi connectivity index (χ1v) is 9.23. The van der Waals surface area contributed by atoms with E-state index in [0.717, 1.165) is 5.56 Å². The second kappa shape index (κ2) is 9.48. The Morgan fingerprint density at radius 3 is 2.89 bits per heavy atom. The molecule has 1 aromatic heterocycles. The van der Waals surface area contributed by atoms with Crippen LogP contribution in [0.3, 0.4) is 0 Å². The Hall–Kier alpha value is -2.71. The zero-order chi connectivity index (χ0) is 19.9. The van der Waals surface area contributed by atoms with Gasteiger partial charge in [-0.15, -0.1) is 0 Å². The van der Waals surface area contributed by atoms with E-state index in [-0.39, 0.29) is 37.9 Å². The molecule has 0 radical (unpaired) electrons. The SMILES string of the molecule is O=C1NCCN(Cc2ccoc2)C1CC(=O)N(CCO)Cc1ccccc1F. The van der Waals surface area contributed by atoms with Crippen LogP contribution in [0.25, 0.3) is 0 Å². The van der Waals surface area contributed by atoms with Gasteiger partial charge in [0.15, 0.2) is 0 Å². The van der Waals surface area contributed by atoms with Gasteiger partial charge >= 0.3 is 0 Å². The summed E-state index contributed by atoms with van der Waals surface area (Å²) in [6.45, 7) is 1.50. The number of nitrogens with one attached hydrogen (secondary N) is 1. The highest BCUT2D eigenvalue weighted by molar-refractivity contribution is 5.88. The topological polar surface area (TPSA) is 86.0 Å². The highest BCUT2D eigenvalue weighted by Crippen LogP contribution is 2.17. The van der Waals surface area contributed by atoms with Crippen molar-refractivity contribution in [3.05, 3.63) is 59.8 Å². The van der Waals surface area contributed by atoms with Crippen LogP contribution in [0.1, 0.15) is 17.5 Å². The van der Waals surface area contributed by atoms with E-state index in [1.807, 2.05) is 11.0 Å². The molecule has 2 heterocycles. The Kier molecular flexibility index (Phi) is 6.78. The Balaban J connectivity index is 1.70. The third-order valence-electron chi connectivity index (χ3n) is 4.82. The van der Waals surface area contributed by atoms with E-state index in [2.05, 4.69) is 5.32 Å². The van der Waals surface area contributed by atoms with Crippen molar-refractivity contribution in [3.8, 4) is 0 Å². The van der Waals surface area contributed by atoms with Gasteiger partial charge in [-0.25, -0.2) is 4.39 Å². The van der Waals surface area contributed by atoms with Crippen molar-refractivity contribution in [2.45, 2.75) is 25.6 Å². The van der Waals surface area contributed by atoms with Gasteiger partial charge in [0.1, 0.15) is 5.82 Å². The number of halogens is 1. The average Bonchev–Trinajstić information content (AvgIpc) is 3.19. The van der Waals surface area contributed by atoms with Gasteiger partial charge in [-0.2, -0.15) is 0 Å². The molecular weight excluding hydrogens is 365 g/mol. The van der Waals surface area contributed by atoms with E-state index in [1.54, 1.807) is 30.7 Å². The number of aliphatic hydroxyl groups excluding tert-OH is 1. The molecule has 1 aliphatic heterocycles. The fraction of sp³-hybridized carbons (Fsp3) is 0.400. The number of furan rings is 1. The maximum absolute atomic E-state index is 14.0. The molecule has 0 bridgehead atoms. The molecule has 28 heavy (non-hydrogen) atoms. The zero-order valence-electron chi connectivity index (χ0n) is 15.5. The van der Waals surface area contributed by atoms with Crippen LogP contribution in [-0.2, 0) is 22.7 Å². The van der Waals surface area contributed by atoms with E-state index in [1.165, 1.54) is 11.0 Å². The minimum Gasteiger partial charge on any atom is -0.472 e. The molecule has 7 nitrogen and oxygen atoms in total. The molecule has 3 rings (SSSR count). The summed E-state index contributed by atoms with van der Waals surface area (Å²) in [5.74, 6) is -0.926. The van der Waals surface area contributed by atoms with Crippen molar-refractivity contribution in [2.75, 3.05) is 26.2 Å². The van der Waals surface area contributed by atoms with Gasteiger partial charge in [-0.3, -0.25) is 14.5 Å². The Labute approximate surface area is 162 Å². The van der Waals surface area contributed by atoms with Crippen molar-refractivity contribution in [1.29, 1.82) is 0 Å². The first-order chi connectivity index (χ1) is 13.6. The molecule has 0 saturated carbocycles. The van der Waals surface area contributed by atoms with Gasteiger partial charge in [0.2, 0.25) is 11.8 Å². The first kappa shape index (κ1) is 20.0. The van der Waals surface area contributed by atoms with Gasteiger partial charge in [-0.05, 0) is 12.1 Å². The van der Waals surface area contributed by atoms with Crippen molar-refractivity contribution in [1.82, 2.24) is 15.1 Å². The lowest BCUT2D eigenvalue weighted by Gasteiger charge is -2.35. The number of carbonyl (C=O) groups excluding carboxylic acids is 2. The van der Waals surface area contributed by atoms with Crippen LogP contribution in [0.5, 0.6) is 0 Å². The van der Waals surface area contributed by atoms with Crippen molar-refractivity contribution in [3.63, 3.8) is 0 Å². The van der Waals surface area contributed by atoms with Crippen LogP contribution in [0.15, 0.2) is 47.3 Å². The summed E-state index contributed by atoms with van der Waals surface area (Å²) >= 11 is 0. The molecule has 1 aromatic carbocycles. The van der Waals surface area contributed by atoms with E-state index >= 15 is 0 Å². The molecule has 1 unspecified atom stereocenters. The molecule has 1 fully saturated rings. The number of amides is 2. The van der Waals surface area contributed by atoms with Crippen LogP contribution in [0.4, 0.5) is 4.39 Å². The minimum absolute atomic E-state index is 0.0435. The maximum Gasteiger partial charge on any atom is 0.237 e. The lowest BCUT2D eigenvalue weighted by Crippen LogP contribution is -2.56. The fourth-order valence-corrected chi connectivity index (χ4v) is 3.33. The number of carbonyl (C=O) groups is 2. The molecule has 1 saturated heterocycles. The number of aliphatic hydroxyl groups is 1. The van der Waals surface area contributed by atoms with Crippen molar-refractivity contribution >= 4 is 11.8 Å². The monoisotopic (exact) mass is 389 g/mol. The maximum atomic E-state index is 14.0. The summed E-state index contributed by atoms with van der Waals surface area (Å²) in [7, 11) is 0. The molecule has 8 heteroatoms. The summed E-state index contributed by atoms with van der Waals surface area (Å²) < 4.78 is 19.0. The summed E-state index contributed by atoms with van der Waals surface area (Å²) in [6.07, 6.45) is 3.14. The van der Waals surface area contributed by atoms with E-state index in [9.17, 15) is 19.1 Å². The lowest BCUT2D eigenvalue weighted by molar-refractivity contribution is -0.139. The number of hydrogen-bond acceptors (Lipinski definition) is 5. The van der Waals surface area contributed by atoms with Gasteiger partial charge in [0, 0.05) is 43.9 Å². The third-order valence-corrected chi connectivity index (χ3v) is 4.82. The van der Waals surface area contributed by atoms with Crippen LogP contribution in [-0.4, -0.2) is 59.0 Å². The molecule has 1 atom stereocenters. The third kappa shape index (κ3) is 4.96. The Morgan fingerprint density at radius 2 is 2.18 bits per heavy atom. The lowest BCUT2D eigenvalue weighted by atomic mass is 10.1. The molecule has 0 aliphatic carbocycles. The second-order valence-electron chi connectivity index (χ2n) is 6.74. The number of nitrogens with zero attached hydrogens (tertiary/aromatic N) is 2. The predicted octanol–water partition coefficient (Wildman–Crippen LogP) is 1.13. The van der Waals surface area contributed by atoms with Gasteiger partial charge < -0.3 is 19.7 Å². The largest absolute Gasteiger partial charge is 0.472 e. The Morgan fingerprint density at radius 1 is 1.36 bits per heavy atom. The normalized spacial score (nSPS) is 17.4. The van der Waals surface area contributed by atoms with Crippen LogP contribution in [0.2, 0.25) is 0 Å². The van der Waals surface area contributed by atoms with E-state index in [0.29, 0.717) is 25.2 Å². The van der Waals surface area contributed by atoms with Gasteiger partial charge in [0.25, 0.3) is 0 Å². The van der Waals surface area contributed by atoms with Gasteiger partial charge in [0.05, 0.1) is 31.6 Å². The molecule has 150 valence electrons. The van der Waals surface area contributed by atoms with E-state index < -0.39 is 11.9 Å². The predicted molar refractivity (Wildman–Crippen MR) is 99.4 cm³/mol. The number of piperazine rings is 1. The smallest absolute Gasteiger partial charge is 0.237 e. The standard InChI is InChI=1S/C20H24FN3O4/c21-17-4-2-1-3-16(17)13-24(8-9-25)19(26)11-18-20(27)22-6-7-23(18)12-15-5-10-28-14-15/h1-5,10,14,18,25H,6-9,11-13H2,(H,22,27). The summed E-state index contributed by atoms with van der Waals surface area (Å²) in [6, 6.07) is 7.40. The summed E-state index contributed by atoms with van der Waals surface area (Å²) in [5, 5.41) is 12.1. The number of benzene rings is 1. The van der Waals surface area contributed by atoms with Crippen LogP contribution in [0, 0.1) is 5.82 Å². The zero-order valence-corrected chi connectivity index (χ0v) is 15.5. The average molecular weight is 389 g/mol. The Bertz CT molecular complexity index is 797. The van der Waals surface area contributed by atoms with Crippen LogP contribution < -0.4 is 5.32 Å². The molecule has 2 amide bonds. The highest BCUT2D eigenvalue weighted by Gasteiger charge is 2.33. The number of hydrogen-bond donors (Lipinski definition) is 2. The van der Waals surface area contributed by atoms with Crippen molar-refractivity contribution in [2.24, 2.45) is 0 Å². The fourth-order valence-electron chi connectivity index (χ4n) is 3.33. The van der Waals surface area contributed by atoms with Crippen molar-refractivity contribution < 1.29 is 23.5 Å². The first-order valence-electron chi connectivity index (χ1n) is 9.23. The van der Waals surface area contributed by atoms with Gasteiger partial charge in [-0.1, -0.05) is 18.2 Å². The summed E-state index contributed by atoms with van der Waals surface area (Å²) in [4.78, 5) is 28.6. The van der Waals surface area contributed by atoms with Crippen LogP contribution >= 0.6 is 0 Å². The molecule has 2 aromatic rings. The second-order valence-corrected chi connectivity index (χ2v) is 6.74. The molecular formula is C20H24FN3O4. The summed E-state index contributed by atoms with van der Waals surface area (Å²) in [5.41, 5.74) is 1.29. The molecule has 1 aliphatic rings. The van der Waals surface area contributed by atoms with E-state index in [4.69, 9.17) is 4.42 Å². The molecule has 0 spiro atoms. The quantitative estimate of drug-likeness (QED) is 0.707. The molecule has 2 N–H and O–H groups in total. The minimum atomic E-state index is -0.627. The highest BCUT2D eigenvalue weighted by atomic mass is 19.1. The number of rotatable bonds is 8.